The van der Waals surface area contributed by atoms with Crippen molar-refractivity contribution in [3.05, 3.63) is 193 Å². The van der Waals surface area contributed by atoms with Crippen LogP contribution in [0.25, 0.3) is 27.5 Å². The first kappa shape index (κ1) is 32.8. The summed E-state index contributed by atoms with van der Waals surface area (Å²) in [4.78, 5) is 4.93. The third-order valence-electron chi connectivity index (χ3n) is 11.2. The van der Waals surface area contributed by atoms with E-state index in [0.29, 0.717) is 0 Å². The molecule has 2 aliphatic rings. The summed E-state index contributed by atoms with van der Waals surface area (Å²) in [5.74, 6) is 0. The first-order valence-corrected chi connectivity index (χ1v) is 20.7. The predicted octanol–water partition coefficient (Wildman–Crippen LogP) is 9.41. The van der Waals surface area contributed by atoms with Gasteiger partial charge in [-0.2, -0.15) is 0 Å². The lowest BCUT2D eigenvalue weighted by Crippen LogP contribution is -2.77. The van der Waals surface area contributed by atoms with Gasteiger partial charge in [0.05, 0.1) is 11.0 Å². The first-order valence-electron chi connectivity index (χ1n) is 18.7. The van der Waals surface area contributed by atoms with Crippen molar-refractivity contribution in [2.45, 2.75) is 20.3 Å². The molecule has 0 saturated heterocycles. The number of para-hydroxylation sites is 2. The smallest absolute Gasteiger partial charge is 0.184 e. The lowest BCUT2D eigenvalue weighted by molar-refractivity contribution is 0.999. The van der Waals surface area contributed by atoms with Gasteiger partial charge in [-0.1, -0.05) is 127 Å². The summed E-state index contributed by atoms with van der Waals surface area (Å²) in [5.41, 5.74) is 9.98. The van der Waals surface area contributed by atoms with E-state index >= 15 is 0 Å². The van der Waals surface area contributed by atoms with E-state index in [4.69, 9.17) is 0 Å². The van der Waals surface area contributed by atoms with Crippen molar-refractivity contribution in [3.8, 4) is 5.69 Å². The molecule has 0 saturated carbocycles. The number of nitrogens with zero attached hydrogens (tertiary/aromatic N) is 3. The molecule has 6 aromatic carbocycles. The number of fused-ring (bicyclic) bond motifs is 5. The standard InChI is InChI=1S/C49H43N3Si/c1-4-19-43-36(2)20-9-5-6-18-33-51(43)37-29-31-46-48(34-37)53(39-21-10-7-11-22-39,40-23-12-8-13-24-40)49-35-38(30-32-47(49)50(46)3)52-44-27-16-14-25-41(44)42-26-15-17-28-45(42)52/h4-19,21-32,34-35H,20,33H2,1-3H3. The molecule has 0 radical (unpaired) electrons. The lowest BCUT2D eigenvalue weighted by Gasteiger charge is -2.44. The number of anilines is 3. The minimum Gasteiger partial charge on any atom is -0.345 e. The summed E-state index contributed by atoms with van der Waals surface area (Å²) < 4.78 is 2.46. The monoisotopic (exact) mass is 701 g/mol. The van der Waals surface area contributed by atoms with E-state index < -0.39 is 8.07 Å². The van der Waals surface area contributed by atoms with Crippen LogP contribution in [0.5, 0.6) is 0 Å². The molecule has 0 spiro atoms. The van der Waals surface area contributed by atoms with E-state index in [1.54, 1.807) is 0 Å². The maximum atomic E-state index is 2.53. The van der Waals surface area contributed by atoms with Crippen LogP contribution in [-0.2, 0) is 0 Å². The van der Waals surface area contributed by atoms with Crippen molar-refractivity contribution in [2.75, 3.05) is 23.4 Å². The second kappa shape index (κ2) is 13.5. The van der Waals surface area contributed by atoms with Gasteiger partial charge in [0.25, 0.3) is 0 Å². The van der Waals surface area contributed by atoms with Crippen LogP contribution in [-0.4, -0.2) is 26.2 Å². The molecule has 53 heavy (non-hydrogen) atoms. The molecule has 0 atom stereocenters. The highest BCUT2D eigenvalue weighted by atomic mass is 28.3. The van der Waals surface area contributed by atoms with Crippen LogP contribution in [0.15, 0.2) is 193 Å². The normalized spacial score (nSPS) is 15.5. The molecule has 0 fully saturated rings. The second-order valence-electron chi connectivity index (χ2n) is 14.2. The van der Waals surface area contributed by atoms with Crippen LogP contribution in [0, 0.1) is 0 Å². The van der Waals surface area contributed by atoms with Gasteiger partial charge in [-0.05, 0) is 101 Å². The molecule has 3 nitrogen and oxygen atoms in total. The molecule has 258 valence electrons. The minimum atomic E-state index is -2.93. The highest BCUT2D eigenvalue weighted by molar-refractivity contribution is 7.21. The van der Waals surface area contributed by atoms with Gasteiger partial charge in [0.1, 0.15) is 0 Å². The largest absolute Gasteiger partial charge is 0.345 e. The van der Waals surface area contributed by atoms with Crippen molar-refractivity contribution in [1.29, 1.82) is 0 Å². The van der Waals surface area contributed by atoms with Crippen molar-refractivity contribution in [3.63, 3.8) is 0 Å². The fourth-order valence-corrected chi connectivity index (χ4v) is 14.1. The molecule has 0 aliphatic carbocycles. The molecular formula is C49H43N3Si. The van der Waals surface area contributed by atoms with Gasteiger partial charge in [-0.25, -0.2) is 0 Å². The highest BCUT2D eigenvalue weighted by Gasteiger charge is 2.48. The van der Waals surface area contributed by atoms with Crippen LogP contribution in [0.2, 0.25) is 0 Å². The molecule has 1 aromatic heterocycles. The number of hydrogen-bond donors (Lipinski definition) is 0. The third-order valence-corrected chi connectivity index (χ3v) is 16.0. The quantitative estimate of drug-likeness (QED) is 0.166. The van der Waals surface area contributed by atoms with E-state index in [2.05, 4.69) is 217 Å². The maximum Gasteiger partial charge on any atom is 0.184 e. The van der Waals surface area contributed by atoms with Crippen LogP contribution in [0.3, 0.4) is 0 Å². The van der Waals surface area contributed by atoms with Gasteiger partial charge in [-0.15, -0.1) is 0 Å². The Morgan fingerprint density at radius 2 is 1.11 bits per heavy atom. The van der Waals surface area contributed by atoms with Crippen LogP contribution >= 0.6 is 0 Å². The van der Waals surface area contributed by atoms with E-state index in [0.717, 1.165) is 13.0 Å². The Kier molecular flexibility index (Phi) is 8.33. The Balaban J connectivity index is 1.37. The molecule has 0 N–H and O–H groups in total. The fourth-order valence-electron chi connectivity index (χ4n) is 8.82. The van der Waals surface area contributed by atoms with Crippen molar-refractivity contribution < 1.29 is 0 Å². The summed E-state index contributed by atoms with van der Waals surface area (Å²) in [6, 6.07) is 54.8. The van der Waals surface area contributed by atoms with Gasteiger partial charge in [0, 0.05) is 52.8 Å². The van der Waals surface area contributed by atoms with E-state index in [-0.39, 0.29) is 0 Å². The zero-order valence-electron chi connectivity index (χ0n) is 30.6. The Morgan fingerprint density at radius 3 is 1.72 bits per heavy atom. The zero-order valence-corrected chi connectivity index (χ0v) is 31.6. The predicted molar refractivity (Wildman–Crippen MR) is 230 cm³/mol. The number of allylic oxidation sites excluding steroid dienone is 6. The van der Waals surface area contributed by atoms with Crippen molar-refractivity contribution in [1.82, 2.24) is 4.57 Å². The highest BCUT2D eigenvalue weighted by Crippen LogP contribution is 2.37. The molecule has 9 rings (SSSR count). The summed E-state index contributed by atoms with van der Waals surface area (Å²) >= 11 is 0. The van der Waals surface area contributed by atoms with E-state index in [9.17, 15) is 0 Å². The molecule has 3 heterocycles. The topological polar surface area (TPSA) is 11.4 Å². The Hall–Kier alpha value is -6.10. The average Bonchev–Trinajstić information content (AvgIpc) is 3.58. The molecule has 0 amide bonds. The van der Waals surface area contributed by atoms with Crippen LogP contribution in [0.1, 0.15) is 20.3 Å². The van der Waals surface area contributed by atoms with Gasteiger partial charge in [-0.3, -0.25) is 0 Å². The van der Waals surface area contributed by atoms with Gasteiger partial charge in [0.15, 0.2) is 8.07 Å². The number of hydrogen-bond acceptors (Lipinski definition) is 2. The third kappa shape index (κ3) is 5.24. The lowest BCUT2D eigenvalue weighted by atomic mass is 10.1. The first-order chi connectivity index (χ1) is 26.1. The molecule has 2 aliphatic heterocycles. The molecule has 7 aromatic rings. The summed E-state index contributed by atoms with van der Waals surface area (Å²) in [5, 5.41) is 8.11. The van der Waals surface area contributed by atoms with Crippen LogP contribution < -0.4 is 30.5 Å². The minimum absolute atomic E-state index is 0.787. The molecular weight excluding hydrogens is 659 g/mol. The molecule has 4 heteroatoms. The molecule has 0 unspecified atom stereocenters. The second-order valence-corrected chi connectivity index (χ2v) is 17.9. The molecule has 0 bridgehead atoms. The van der Waals surface area contributed by atoms with Crippen LogP contribution in [0.4, 0.5) is 17.1 Å². The fraction of sp³-hybridized carbons (Fsp3) is 0.102. The number of aromatic nitrogens is 1. The summed E-state index contributed by atoms with van der Waals surface area (Å²) in [6.07, 6.45) is 14.3. The van der Waals surface area contributed by atoms with E-state index in [1.165, 1.54) is 76.6 Å². The van der Waals surface area contributed by atoms with Crippen molar-refractivity contribution in [2.24, 2.45) is 0 Å². The van der Waals surface area contributed by atoms with Crippen molar-refractivity contribution >= 4 is 67.7 Å². The van der Waals surface area contributed by atoms with Gasteiger partial charge >= 0.3 is 0 Å². The maximum absolute atomic E-state index is 2.93. The Bertz CT molecular complexity index is 2520. The number of rotatable bonds is 5. The van der Waals surface area contributed by atoms with Gasteiger partial charge < -0.3 is 14.4 Å². The Morgan fingerprint density at radius 1 is 0.585 bits per heavy atom. The van der Waals surface area contributed by atoms with E-state index in [1.807, 2.05) is 0 Å². The summed E-state index contributed by atoms with van der Waals surface area (Å²) in [6.45, 7) is 5.17. The number of benzene rings is 6. The summed E-state index contributed by atoms with van der Waals surface area (Å²) in [7, 11) is -0.682. The zero-order chi connectivity index (χ0) is 35.9. The SMILES string of the molecule is CC=CC1=C(C)CC=CC=CCN1c1ccc2c(c1)[Si](c1ccccc1)(c1ccccc1)c1cc(-n3c4ccccc4c4ccccc43)ccc1N2C. The van der Waals surface area contributed by atoms with Gasteiger partial charge in [0.2, 0.25) is 0 Å². The average molecular weight is 702 g/mol. The Labute approximate surface area is 313 Å².